The van der Waals surface area contributed by atoms with E-state index >= 15 is 0 Å². The Morgan fingerprint density at radius 1 is 1.55 bits per heavy atom. The fourth-order valence-corrected chi connectivity index (χ4v) is 2.73. The minimum absolute atomic E-state index is 0.0112. The van der Waals surface area contributed by atoms with Gasteiger partial charge in [0.05, 0.1) is 6.10 Å². The molecule has 0 bridgehead atoms. The molecule has 5 nitrogen and oxygen atoms in total. The Balaban J connectivity index is 2.22. The molecule has 20 heavy (non-hydrogen) atoms. The molecule has 1 saturated heterocycles. The molecule has 0 saturated carbocycles. The molecule has 1 aliphatic rings. The predicted octanol–water partition coefficient (Wildman–Crippen LogP) is 1.28. The molecule has 2 unspecified atom stereocenters. The van der Waals surface area contributed by atoms with Crippen LogP contribution < -0.4 is 5.73 Å². The highest BCUT2D eigenvalue weighted by molar-refractivity contribution is 5.96. The zero-order chi connectivity index (χ0) is 14.7. The lowest BCUT2D eigenvalue weighted by Crippen LogP contribution is -2.51. The Hall–Kier alpha value is -1.59. The van der Waals surface area contributed by atoms with E-state index in [4.69, 9.17) is 10.5 Å². The maximum Gasteiger partial charge on any atom is 0.254 e. The molecule has 1 heterocycles. The van der Waals surface area contributed by atoms with Crippen LogP contribution in [0, 0.1) is 6.92 Å². The van der Waals surface area contributed by atoms with E-state index in [-0.39, 0.29) is 23.8 Å². The van der Waals surface area contributed by atoms with Gasteiger partial charge in [0.15, 0.2) is 0 Å². The van der Waals surface area contributed by atoms with Gasteiger partial charge in [-0.2, -0.15) is 0 Å². The van der Waals surface area contributed by atoms with Gasteiger partial charge in [-0.25, -0.2) is 0 Å². The number of benzene rings is 1. The number of likely N-dealkylation sites (tertiary alicyclic amines) is 1. The van der Waals surface area contributed by atoms with Gasteiger partial charge in [0.1, 0.15) is 5.75 Å². The summed E-state index contributed by atoms with van der Waals surface area (Å²) < 4.78 is 5.37. The lowest BCUT2D eigenvalue weighted by atomic mass is 9.97. The second-order valence-corrected chi connectivity index (χ2v) is 5.22. The number of phenolic OH excluding ortho intramolecular Hbond substituents is 1. The number of amides is 1. The van der Waals surface area contributed by atoms with Gasteiger partial charge in [0.25, 0.3) is 5.91 Å². The van der Waals surface area contributed by atoms with Crippen LogP contribution in [-0.4, -0.2) is 48.3 Å². The Kier molecular flexibility index (Phi) is 4.62. The largest absolute Gasteiger partial charge is 0.508 e. The molecule has 2 atom stereocenters. The molecular weight excluding hydrogens is 256 g/mol. The summed E-state index contributed by atoms with van der Waals surface area (Å²) in [5, 5.41) is 9.74. The van der Waals surface area contributed by atoms with Crippen molar-refractivity contribution in [2.45, 2.75) is 31.9 Å². The molecule has 1 aromatic carbocycles. The van der Waals surface area contributed by atoms with Gasteiger partial charge in [-0.1, -0.05) is 6.07 Å². The number of methoxy groups -OCH3 is 1. The van der Waals surface area contributed by atoms with Gasteiger partial charge in [-0.05, 0) is 31.9 Å². The van der Waals surface area contributed by atoms with Crippen molar-refractivity contribution >= 4 is 5.91 Å². The minimum Gasteiger partial charge on any atom is -0.508 e. The molecule has 2 rings (SSSR count). The highest BCUT2D eigenvalue weighted by Crippen LogP contribution is 2.25. The van der Waals surface area contributed by atoms with Crippen molar-refractivity contribution in [1.82, 2.24) is 4.90 Å². The topological polar surface area (TPSA) is 75.8 Å². The van der Waals surface area contributed by atoms with E-state index in [9.17, 15) is 9.90 Å². The van der Waals surface area contributed by atoms with Crippen LogP contribution in [0.2, 0.25) is 0 Å². The summed E-state index contributed by atoms with van der Waals surface area (Å²) in [6.45, 7) is 2.81. The van der Waals surface area contributed by atoms with Crippen LogP contribution in [-0.2, 0) is 4.74 Å². The van der Waals surface area contributed by atoms with Gasteiger partial charge in [-0.15, -0.1) is 0 Å². The highest BCUT2D eigenvalue weighted by atomic mass is 16.5. The van der Waals surface area contributed by atoms with Gasteiger partial charge < -0.3 is 20.5 Å². The molecule has 1 amide bonds. The highest BCUT2D eigenvalue weighted by Gasteiger charge is 2.32. The SMILES string of the molecule is COC1CCN(C(=O)c2cccc(O)c2C)C(CN)C1. The summed E-state index contributed by atoms with van der Waals surface area (Å²) in [7, 11) is 1.69. The van der Waals surface area contributed by atoms with Crippen LogP contribution in [0.25, 0.3) is 0 Å². The van der Waals surface area contributed by atoms with E-state index in [1.54, 1.807) is 37.1 Å². The van der Waals surface area contributed by atoms with Crippen molar-refractivity contribution < 1.29 is 14.6 Å². The van der Waals surface area contributed by atoms with Crippen molar-refractivity contribution in [3.8, 4) is 5.75 Å². The second-order valence-electron chi connectivity index (χ2n) is 5.22. The second kappa shape index (κ2) is 6.24. The van der Waals surface area contributed by atoms with E-state index in [1.165, 1.54) is 0 Å². The number of hydrogen-bond acceptors (Lipinski definition) is 4. The molecule has 0 aromatic heterocycles. The van der Waals surface area contributed by atoms with Gasteiger partial charge >= 0.3 is 0 Å². The number of ether oxygens (including phenoxy) is 1. The van der Waals surface area contributed by atoms with Gasteiger partial charge in [-0.3, -0.25) is 4.79 Å². The van der Waals surface area contributed by atoms with Crippen LogP contribution >= 0.6 is 0 Å². The standard InChI is InChI=1S/C15H22N2O3/c1-10-13(4-3-5-14(10)18)15(19)17-7-6-12(20-2)8-11(17)9-16/h3-5,11-12,18H,6-9,16H2,1-2H3. The molecule has 0 spiro atoms. The smallest absolute Gasteiger partial charge is 0.254 e. The monoisotopic (exact) mass is 278 g/mol. The lowest BCUT2D eigenvalue weighted by molar-refractivity contribution is 0.0138. The summed E-state index contributed by atoms with van der Waals surface area (Å²) in [4.78, 5) is 14.5. The molecule has 0 aliphatic carbocycles. The summed E-state index contributed by atoms with van der Waals surface area (Å²) in [6, 6.07) is 5.01. The van der Waals surface area contributed by atoms with Crippen LogP contribution in [0.15, 0.2) is 18.2 Å². The maximum absolute atomic E-state index is 12.7. The van der Waals surface area contributed by atoms with Crippen LogP contribution in [0.1, 0.15) is 28.8 Å². The van der Waals surface area contributed by atoms with Crippen LogP contribution in [0.5, 0.6) is 5.75 Å². The summed E-state index contributed by atoms with van der Waals surface area (Å²) >= 11 is 0. The van der Waals surface area contributed by atoms with Crippen molar-refractivity contribution in [2.75, 3.05) is 20.2 Å². The number of nitrogens with zero attached hydrogens (tertiary/aromatic N) is 1. The van der Waals surface area contributed by atoms with Crippen molar-refractivity contribution in [3.63, 3.8) is 0 Å². The summed E-state index contributed by atoms with van der Waals surface area (Å²) in [5.41, 5.74) is 6.95. The van der Waals surface area contributed by atoms with E-state index < -0.39 is 0 Å². The summed E-state index contributed by atoms with van der Waals surface area (Å²) in [5.74, 6) is 0.0790. The molecule has 3 N–H and O–H groups in total. The third-order valence-electron chi connectivity index (χ3n) is 4.07. The van der Waals surface area contributed by atoms with Gasteiger partial charge in [0.2, 0.25) is 0 Å². The molecule has 1 aromatic rings. The number of carbonyl (C=O) groups excluding carboxylic acids is 1. The van der Waals surface area contributed by atoms with E-state index in [1.807, 2.05) is 0 Å². The lowest BCUT2D eigenvalue weighted by Gasteiger charge is -2.38. The first-order valence-corrected chi connectivity index (χ1v) is 6.90. The average molecular weight is 278 g/mol. The third-order valence-corrected chi connectivity index (χ3v) is 4.07. The minimum atomic E-state index is -0.0663. The molecular formula is C15H22N2O3. The number of phenols is 1. The molecule has 110 valence electrons. The quantitative estimate of drug-likeness (QED) is 0.873. The Morgan fingerprint density at radius 2 is 2.30 bits per heavy atom. The Bertz CT molecular complexity index is 490. The Morgan fingerprint density at radius 3 is 2.95 bits per heavy atom. The number of aromatic hydroxyl groups is 1. The molecule has 0 radical (unpaired) electrons. The maximum atomic E-state index is 12.7. The van der Waals surface area contributed by atoms with E-state index in [2.05, 4.69) is 0 Å². The Labute approximate surface area is 119 Å². The number of hydrogen-bond donors (Lipinski definition) is 2. The first-order valence-electron chi connectivity index (χ1n) is 6.90. The first kappa shape index (κ1) is 14.8. The normalized spacial score (nSPS) is 22.9. The van der Waals surface area contributed by atoms with Crippen LogP contribution in [0.4, 0.5) is 0 Å². The fourth-order valence-electron chi connectivity index (χ4n) is 2.73. The first-order chi connectivity index (χ1) is 9.58. The molecule has 5 heteroatoms. The zero-order valence-electron chi connectivity index (χ0n) is 12.0. The third kappa shape index (κ3) is 2.78. The number of piperidine rings is 1. The van der Waals surface area contributed by atoms with E-state index in [0.29, 0.717) is 24.2 Å². The number of rotatable bonds is 3. The van der Waals surface area contributed by atoms with Crippen molar-refractivity contribution in [2.24, 2.45) is 5.73 Å². The fraction of sp³-hybridized carbons (Fsp3) is 0.533. The van der Waals surface area contributed by atoms with Crippen LogP contribution in [0.3, 0.4) is 0 Å². The van der Waals surface area contributed by atoms with Crippen molar-refractivity contribution in [3.05, 3.63) is 29.3 Å². The van der Waals surface area contributed by atoms with Crippen molar-refractivity contribution in [1.29, 1.82) is 0 Å². The average Bonchev–Trinajstić information content (AvgIpc) is 2.48. The summed E-state index contributed by atoms with van der Waals surface area (Å²) in [6.07, 6.45) is 1.74. The molecule has 1 fully saturated rings. The van der Waals surface area contributed by atoms with Gasteiger partial charge in [0, 0.05) is 37.4 Å². The number of nitrogens with two attached hydrogens (primary N) is 1. The van der Waals surface area contributed by atoms with E-state index in [0.717, 1.165) is 12.8 Å². The predicted molar refractivity (Wildman–Crippen MR) is 76.8 cm³/mol. The zero-order valence-corrected chi connectivity index (χ0v) is 12.0. The number of carbonyl (C=O) groups is 1. The molecule has 1 aliphatic heterocycles.